The Hall–Kier alpha value is -1.45. The van der Waals surface area contributed by atoms with Crippen LogP contribution in [0.3, 0.4) is 0 Å². The number of rotatable bonds is 0. The van der Waals surface area contributed by atoms with Crippen LogP contribution in [-0.2, 0) is 10.2 Å². The molecule has 0 aromatic heterocycles. The lowest BCUT2D eigenvalue weighted by Gasteiger charge is -2.35. The third kappa shape index (κ3) is 1.55. The average molecular weight is 251 g/mol. The maximum absolute atomic E-state index is 13.3. The lowest BCUT2D eigenvalue weighted by Crippen LogP contribution is -2.41. The van der Waals surface area contributed by atoms with Crippen molar-refractivity contribution in [1.29, 1.82) is 0 Å². The van der Waals surface area contributed by atoms with Gasteiger partial charge in [0.05, 0.1) is 5.41 Å². The van der Waals surface area contributed by atoms with E-state index in [1.165, 1.54) is 0 Å². The molecule has 1 spiro atoms. The molecule has 3 rings (SSSR count). The lowest BCUT2D eigenvalue weighted by molar-refractivity contribution is -0.125. The van der Waals surface area contributed by atoms with Gasteiger partial charge in [-0.05, 0) is 37.0 Å². The molecule has 18 heavy (non-hydrogen) atoms. The molecule has 0 unspecified atom stereocenters. The van der Waals surface area contributed by atoms with Crippen LogP contribution < -0.4 is 5.32 Å². The molecule has 1 aliphatic carbocycles. The van der Waals surface area contributed by atoms with Crippen molar-refractivity contribution >= 4 is 11.6 Å². The number of benzene rings is 1. The van der Waals surface area contributed by atoms with Gasteiger partial charge in [-0.25, -0.2) is 8.78 Å². The molecule has 0 atom stereocenters. The van der Waals surface area contributed by atoms with Crippen molar-refractivity contribution in [2.45, 2.75) is 43.9 Å². The zero-order chi connectivity index (χ0) is 13.0. The van der Waals surface area contributed by atoms with Crippen molar-refractivity contribution in [2.75, 3.05) is 5.32 Å². The third-order valence-electron chi connectivity index (χ3n) is 4.21. The van der Waals surface area contributed by atoms with Gasteiger partial charge in [-0.3, -0.25) is 4.79 Å². The minimum Gasteiger partial charge on any atom is -0.325 e. The molecule has 96 valence electrons. The first kappa shape index (κ1) is 11.6. The second-order valence-electron chi connectivity index (χ2n) is 5.44. The highest BCUT2D eigenvalue weighted by Gasteiger charge is 2.52. The molecular weight excluding hydrogens is 236 g/mol. The summed E-state index contributed by atoms with van der Waals surface area (Å²) < 4.78 is 26.6. The van der Waals surface area contributed by atoms with Crippen LogP contribution in [0, 0.1) is 6.92 Å². The van der Waals surface area contributed by atoms with Gasteiger partial charge < -0.3 is 5.32 Å². The number of alkyl halides is 2. The lowest BCUT2D eigenvalue weighted by atomic mass is 9.69. The van der Waals surface area contributed by atoms with Gasteiger partial charge in [0.25, 0.3) is 0 Å². The Morgan fingerprint density at radius 2 is 1.83 bits per heavy atom. The first-order valence-electron chi connectivity index (χ1n) is 6.23. The minimum absolute atomic E-state index is 0.112. The maximum atomic E-state index is 13.3. The number of hydrogen-bond donors (Lipinski definition) is 1. The van der Waals surface area contributed by atoms with Crippen molar-refractivity contribution in [2.24, 2.45) is 0 Å². The van der Waals surface area contributed by atoms with Gasteiger partial charge in [0.15, 0.2) is 0 Å². The van der Waals surface area contributed by atoms with Gasteiger partial charge in [-0.15, -0.1) is 0 Å². The first-order chi connectivity index (χ1) is 8.43. The zero-order valence-electron chi connectivity index (χ0n) is 10.2. The van der Waals surface area contributed by atoms with Crippen LogP contribution in [0.2, 0.25) is 0 Å². The highest BCUT2D eigenvalue weighted by molar-refractivity contribution is 6.06. The quantitative estimate of drug-likeness (QED) is 0.752. The van der Waals surface area contributed by atoms with E-state index >= 15 is 0 Å². The molecule has 1 aliphatic heterocycles. The molecule has 1 aromatic carbocycles. The average Bonchev–Trinajstić information content (AvgIpc) is 2.55. The van der Waals surface area contributed by atoms with Crippen molar-refractivity contribution < 1.29 is 13.6 Å². The number of carbonyl (C=O) groups is 1. The SMILES string of the molecule is Cc1ccc2c(c1)NC(=O)C21CCC(F)(F)CC1. The monoisotopic (exact) mass is 251 g/mol. The standard InChI is InChI=1S/C14H15F2NO/c1-9-2-3-10-11(8-9)17-12(18)13(10)4-6-14(15,16)7-5-13/h2-3,8H,4-7H2,1H3,(H,17,18). The molecule has 1 N–H and O–H groups in total. The van der Waals surface area contributed by atoms with Crippen LogP contribution in [-0.4, -0.2) is 11.8 Å². The van der Waals surface area contributed by atoms with E-state index in [1.54, 1.807) is 0 Å². The molecule has 2 aliphatic rings. The molecule has 2 nitrogen and oxygen atoms in total. The van der Waals surface area contributed by atoms with Crippen molar-refractivity contribution in [3.63, 3.8) is 0 Å². The van der Waals surface area contributed by atoms with Crippen LogP contribution >= 0.6 is 0 Å². The molecule has 0 bridgehead atoms. The van der Waals surface area contributed by atoms with Gasteiger partial charge in [0.1, 0.15) is 0 Å². The van der Waals surface area contributed by atoms with E-state index in [1.807, 2.05) is 25.1 Å². The Morgan fingerprint density at radius 1 is 1.17 bits per heavy atom. The van der Waals surface area contributed by atoms with Gasteiger partial charge in [0, 0.05) is 18.5 Å². The van der Waals surface area contributed by atoms with E-state index in [0.29, 0.717) is 0 Å². The summed E-state index contributed by atoms with van der Waals surface area (Å²) in [6.45, 7) is 1.95. The Balaban J connectivity index is 2.02. The Labute approximate surface area is 104 Å². The summed E-state index contributed by atoms with van der Waals surface area (Å²) >= 11 is 0. The summed E-state index contributed by atoms with van der Waals surface area (Å²) in [6.07, 6.45) is 0.0747. The summed E-state index contributed by atoms with van der Waals surface area (Å²) in [7, 11) is 0. The van der Waals surface area contributed by atoms with E-state index in [0.717, 1.165) is 16.8 Å². The summed E-state index contributed by atoms with van der Waals surface area (Å²) in [4.78, 5) is 12.2. The van der Waals surface area contributed by atoms with Gasteiger partial charge in [-0.1, -0.05) is 12.1 Å². The Morgan fingerprint density at radius 3 is 2.50 bits per heavy atom. The van der Waals surface area contributed by atoms with Crippen LogP contribution in [0.4, 0.5) is 14.5 Å². The third-order valence-corrected chi connectivity index (χ3v) is 4.21. The van der Waals surface area contributed by atoms with E-state index in [2.05, 4.69) is 5.32 Å². The summed E-state index contributed by atoms with van der Waals surface area (Å²) in [5, 5.41) is 2.84. The molecular formula is C14H15F2NO. The number of anilines is 1. The van der Waals surface area contributed by atoms with E-state index in [-0.39, 0.29) is 31.6 Å². The summed E-state index contributed by atoms with van der Waals surface area (Å²) in [5.41, 5.74) is 2.04. The molecule has 0 saturated heterocycles. The number of fused-ring (bicyclic) bond motifs is 2. The number of nitrogens with one attached hydrogen (secondary N) is 1. The van der Waals surface area contributed by atoms with Gasteiger partial charge in [-0.2, -0.15) is 0 Å². The first-order valence-corrected chi connectivity index (χ1v) is 6.23. The number of amides is 1. The number of hydrogen-bond acceptors (Lipinski definition) is 1. The second-order valence-corrected chi connectivity index (χ2v) is 5.44. The predicted octanol–water partition coefficient (Wildman–Crippen LogP) is 3.39. The molecule has 1 amide bonds. The van der Waals surface area contributed by atoms with Crippen LogP contribution in [0.15, 0.2) is 18.2 Å². The van der Waals surface area contributed by atoms with E-state index < -0.39 is 11.3 Å². The number of aryl methyl sites for hydroxylation is 1. The molecule has 1 heterocycles. The number of halogens is 2. The van der Waals surface area contributed by atoms with E-state index in [9.17, 15) is 13.6 Å². The number of carbonyl (C=O) groups excluding carboxylic acids is 1. The van der Waals surface area contributed by atoms with Crippen LogP contribution in [0.5, 0.6) is 0 Å². The molecule has 1 aromatic rings. The fourth-order valence-electron chi connectivity index (χ4n) is 3.08. The van der Waals surface area contributed by atoms with Gasteiger partial charge >= 0.3 is 0 Å². The van der Waals surface area contributed by atoms with Crippen molar-refractivity contribution in [3.8, 4) is 0 Å². The normalized spacial score (nSPS) is 23.8. The maximum Gasteiger partial charge on any atom is 0.248 e. The predicted molar refractivity (Wildman–Crippen MR) is 64.9 cm³/mol. The highest BCUT2D eigenvalue weighted by Crippen LogP contribution is 2.50. The van der Waals surface area contributed by atoms with E-state index in [4.69, 9.17) is 0 Å². The van der Waals surface area contributed by atoms with Crippen LogP contribution in [0.25, 0.3) is 0 Å². The van der Waals surface area contributed by atoms with Crippen molar-refractivity contribution in [1.82, 2.24) is 0 Å². The topological polar surface area (TPSA) is 29.1 Å². The Kier molecular flexibility index (Phi) is 2.28. The fourth-order valence-corrected chi connectivity index (χ4v) is 3.08. The molecule has 0 radical (unpaired) electrons. The fraction of sp³-hybridized carbons (Fsp3) is 0.500. The molecule has 1 fully saturated rings. The largest absolute Gasteiger partial charge is 0.325 e. The summed E-state index contributed by atoms with van der Waals surface area (Å²) in [6, 6.07) is 5.76. The zero-order valence-corrected chi connectivity index (χ0v) is 10.2. The molecule has 1 saturated carbocycles. The minimum atomic E-state index is -2.61. The van der Waals surface area contributed by atoms with Crippen molar-refractivity contribution in [3.05, 3.63) is 29.3 Å². The van der Waals surface area contributed by atoms with Gasteiger partial charge in [0.2, 0.25) is 11.8 Å². The Bertz CT molecular complexity index is 515. The summed E-state index contributed by atoms with van der Waals surface area (Å²) in [5.74, 6) is -2.72. The highest BCUT2D eigenvalue weighted by atomic mass is 19.3. The van der Waals surface area contributed by atoms with Crippen LogP contribution in [0.1, 0.15) is 36.8 Å². The molecule has 4 heteroatoms. The smallest absolute Gasteiger partial charge is 0.248 e. The second kappa shape index (κ2) is 3.53.